The van der Waals surface area contributed by atoms with Gasteiger partial charge in [0.1, 0.15) is 0 Å². The van der Waals surface area contributed by atoms with Gasteiger partial charge in [-0.3, -0.25) is 9.59 Å². The Labute approximate surface area is 158 Å². The van der Waals surface area contributed by atoms with Crippen LogP contribution >= 0.6 is 39.3 Å². The van der Waals surface area contributed by atoms with E-state index in [1.807, 2.05) is 31.2 Å². The second-order valence-corrected chi connectivity index (χ2v) is 7.30. The van der Waals surface area contributed by atoms with Crippen LogP contribution in [0.15, 0.2) is 46.9 Å². The zero-order chi connectivity index (χ0) is 17.5. The molecule has 0 aromatic heterocycles. The summed E-state index contributed by atoms with van der Waals surface area (Å²) in [4.78, 5) is 23.8. The topological polar surface area (TPSA) is 58.2 Å². The highest BCUT2D eigenvalue weighted by Gasteiger charge is 2.09. The highest BCUT2D eigenvalue weighted by atomic mass is 79.9. The average molecular weight is 428 g/mol. The van der Waals surface area contributed by atoms with Crippen LogP contribution in [0.25, 0.3) is 0 Å². The second kappa shape index (κ2) is 9.11. The summed E-state index contributed by atoms with van der Waals surface area (Å²) in [5, 5.41) is 6.24. The van der Waals surface area contributed by atoms with Gasteiger partial charge in [-0.2, -0.15) is 0 Å². The smallest absolute Gasteiger partial charge is 0.234 e. The number of carbonyl (C=O) groups is 2. The van der Waals surface area contributed by atoms with E-state index in [1.54, 1.807) is 18.2 Å². The first kappa shape index (κ1) is 18.8. The molecule has 2 aromatic carbocycles. The summed E-state index contributed by atoms with van der Waals surface area (Å²) in [5.41, 5.74) is 2.33. The van der Waals surface area contributed by atoms with Crippen molar-refractivity contribution in [2.24, 2.45) is 0 Å². The molecule has 0 saturated carbocycles. The first-order valence-electron chi connectivity index (χ1n) is 7.14. The highest BCUT2D eigenvalue weighted by molar-refractivity contribution is 9.10. The molecule has 24 heavy (non-hydrogen) atoms. The lowest BCUT2D eigenvalue weighted by Gasteiger charge is -2.09. The molecular weight excluding hydrogens is 412 g/mol. The van der Waals surface area contributed by atoms with Crippen LogP contribution in [0.1, 0.15) is 5.56 Å². The molecule has 0 atom stereocenters. The maximum absolute atomic E-state index is 11.9. The second-order valence-electron chi connectivity index (χ2n) is 5.03. The van der Waals surface area contributed by atoms with Crippen LogP contribution in [-0.2, 0) is 9.59 Å². The van der Waals surface area contributed by atoms with Crippen LogP contribution in [0.2, 0.25) is 5.02 Å². The Morgan fingerprint density at radius 1 is 1.04 bits per heavy atom. The fourth-order valence-electron chi connectivity index (χ4n) is 1.94. The van der Waals surface area contributed by atoms with E-state index >= 15 is 0 Å². The predicted molar refractivity (Wildman–Crippen MR) is 105 cm³/mol. The maximum atomic E-state index is 11.9. The number of hydrogen-bond acceptors (Lipinski definition) is 3. The van der Waals surface area contributed by atoms with Gasteiger partial charge in [0.2, 0.25) is 11.8 Å². The zero-order valence-electron chi connectivity index (χ0n) is 12.9. The van der Waals surface area contributed by atoms with E-state index in [9.17, 15) is 9.59 Å². The molecule has 7 heteroatoms. The average Bonchev–Trinajstić information content (AvgIpc) is 2.52. The standard InChI is InChI=1S/C17H16BrClN2O2S/c1-11-8-12(19)6-7-14(11)20-16(22)9-24-10-17(23)21-15-5-3-2-4-13(15)18/h2-8H,9-10H2,1H3,(H,20,22)(H,21,23). The molecule has 2 aromatic rings. The molecule has 2 N–H and O–H groups in total. The van der Waals surface area contributed by atoms with Gasteiger partial charge in [0.05, 0.1) is 17.2 Å². The minimum Gasteiger partial charge on any atom is -0.325 e. The van der Waals surface area contributed by atoms with Crippen LogP contribution in [0.4, 0.5) is 11.4 Å². The fourth-order valence-corrected chi connectivity index (χ4v) is 3.17. The van der Waals surface area contributed by atoms with Gasteiger partial charge in [-0.1, -0.05) is 23.7 Å². The zero-order valence-corrected chi connectivity index (χ0v) is 16.1. The van der Waals surface area contributed by atoms with E-state index in [2.05, 4.69) is 26.6 Å². The van der Waals surface area contributed by atoms with Crippen molar-refractivity contribution >= 4 is 62.5 Å². The minimum atomic E-state index is -0.154. The molecule has 0 heterocycles. The SMILES string of the molecule is Cc1cc(Cl)ccc1NC(=O)CSCC(=O)Nc1ccccc1Br. The van der Waals surface area contributed by atoms with Crippen molar-refractivity contribution in [3.8, 4) is 0 Å². The Morgan fingerprint density at radius 2 is 1.67 bits per heavy atom. The van der Waals surface area contributed by atoms with Crippen LogP contribution in [0.5, 0.6) is 0 Å². The van der Waals surface area contributed by atoms with Crippen molar-refractivity contribution in [2.45, 2.75) is 6.92 Å². The molecule has 0 bridgehead atoms. The number of aryl methyl sites for hydroxylation is 1. The Hall–Kier alpha value is -1.50. The summed E-state index contributed by atoms with van der Waals surface area (Å²) >= 11 is 10.5. The lowest BCUT2D eigenvalue weighted by Crippen LogP contribution is -2.19. The highest BCUT2D eigenvalue weighted by Crippen LogP contribution is 2.22. The lowest BCUT2D eigenvalue weighted by molar-refractivity contribution is -0.114. The number of halogens is 2. The fraction of sp³-hybridized carbons (Fsp3) is 0.176. The molecule has 0 unspecified atom stereocenters. The molecule has 0 saturated heterocycles. The number of benzene rings is 2. The minimum absolute atomic E-state index is 0.151. The summed E-state index contributed by atoms with van der Waals surface area (Å²) in [5.74, 6) is 0.0984. The Balaban J connectivity index is 1.76. The van der Waals surface area contributed by atoms with Crippen LogP contribution in [0.3, 0.4) is 0 Å². The summed E-state index contributed by atoms with van der Waals surface area (Å²) in [7, 11) is 0. The summed E-state index contributed by atoms with van der Waals surface area (Å²) in [6.07, 6.45) is 0. The summed E-state index contributed by atoms with van der Waals surface area (Å²) < 4.78 is 0.819. The van der Waals surface area contributed by atoms with Crippen molar-refractivity contribution in [1.82, 2.24) is 0 Å². The molecule has 2 amide bonds. The number of thioether (sulfide) groups is 1. The molecule has 0 spiro atoms. The van der Waals surface area contributed by atoms with E-state index in [-0.39, 0.29) is 23.3 Å². The van der Waals surface area contributed by atoms with Crippen molar-refractivity contribution in [2.75, 3.05) is 22.1 Å². The van der Waals surface area contributed by atoms with Gasteiger partial charge >= 0.3 is 0 Å². The van der Waals surface area contributed by atoms with Crippen molar-refractivity contribution in [3.05, 3.63) is 57.5 Å². The third-order valence-corrected chi connectivity index (χ3v) is 4.94. The molecule has 2 rings (SSSR count). The Kier molecular flexibility index (Phi) is 7.15. The van der Waals surface area contributed by atoms with Gasteiger partial charge in [-0.15, -0.1) is 11.8 Å². The molecule has 0 aliphatic carbocycles. The largest absolute Gasteiger partial charge is 0.325 e. The number of amides is 2. The van der Waals surface area contributed by atoms with Gasteiger partial charge in [-0.05, 0) is 58.7 Å². The van der Waals surface area contributed by atoms with Gasteiger partial charge in [0, 0.05) is 15.2 Å². The van der Waals surface area contributed by atoms with Gasteiger partial charge < -0.3 is 10.6 Å². The van der Waals surface area contributed by atoms with Crippen LogP contribution in [0, 0.1) is 6.92 Å². The van der Waals surface area contributed by atoms with E-state index in [4.69, 9.17) is 11.6 Å². The molecule has 0 aliphatic rings. The molecule has 0 fully saturated rings. The van der Waals surface area contributed by atoms with Crippen molar-refractivity contribution in [3.63, 3.8) is 0 Å². The first-order chi connectivity index (χ1) is 11.5. The van der Waals surface area contributed by atoms with E-state index < -0.39 is 0 Å². The van der Waals surface area contributed by atoms with Crippen molar-refractivity contribution in [1.29, 1.82) is 0 Å². The van der Waals surface area contributed by atoms with Crippen molar-refractivity contribution < 1.29 is 9.59 Å². The number of rotatable bonds is 6. The number of hydrogen-bond donors (Lipinski definition) is 2. The van der Waals surface area contributed by atoms with Gasteiger partial charge in [0.15, 0.2) is 0 Å². The first-order valence-corrected chi connectivity index (χ1v) is 9.46. The summed E-state index contributed by atoms with van der Waals surface area (Å²) in [6.45, 7) is 1.87. The van der Waals surface area contributed by atoms with E-state index in [0.717, 1.165) is 15.7 Å². The normalized spacial score (nSPS) is 10.3. The maximum Gasteiger partial charge on any atom is 0.234 e. The van der Waals surface area contributed by atoms with Crippen LogP contribution in [-0.4, -0.2) is 23.3 Å². The number of carbonyl (C=O) groups excluding carboxylic acids is 2. The molecule has 4 nitrogen and oxygen atoms in total. The predicted octanol–water partition coefficient (Wildman–Crippen LogP) is 4.72. The Bertz CT molecular complexity index is 755. The molecular formula is C17H16BrClN2O2S. The molecule has 0 radical (unpaired) electrons. The number of anilines is 2. The number of nitrogens with one attached hydrogen (secondary N) is 2. The Morgan fingerprint density at radius 3 is 2.29 bits per heavy atom. The van der Waals surface area contributed by atoms with E-state index in [0.29, 0.717) is 10.7 Å². The monoisotopic (exact) mass is 426 g/mol. The van der Waals surface area contributed by atoms with Gasteiger partial charge in [0.25, 0.3) is 0 Å². The third kappa shape index (κ3) is 5.85. The molecule has 0 aliphatic heterocycles. The van der Waals surface area contributed by atoms with Crippen LogP contribution < -0.4 is 10.6 Å². The molecule has 126 valence electrons. The summed E-state index contributed by atoms with van der Waals surface area (Å²) in [6, 6.07) is 12.7. The van der Waals surface area contributed by atoms with E-state index in [1.165, 1.54) is 11.8 Å². The lowest BCUT2D eigenvalue weighted by atomic mass is 10.2. The third-order valence-electron chi connectivity index (χ3n) is 3.08. The quantitative estimate of drug-likeness (QED) is 0.701. The number of para-hydroxylation sites is 1. The van der Waals surface area contributed by atoms with Gasteiger partial charge in [-0.25, -0.2) is 0 Å².